The number of ether oxygens (including phenoxy) is 1. The molecule has 0 radical (unpaired) electrons. The summed E-state index contributed by atoms with van der Waals surface area (Å²) in [4.78, 5) is 14.5. The van der Waals surface area contributed by atoms with Crippen LogP contribution in [0.3, 0.4) is 0 Å². The normalized spacial score (nSPS) is 14.2. The van der Waals surface area contributed by atoms with Gasteiger partial charge in [-0.1, -0.05) is 5.16 Å². The Kier molecular flexibility index (Phi) is 5.52. The van der Waals surface area contributed by atoms with E-state index in [2.05, 4.69) is 31.3 Å². The van der Waals surface area contributed by atoms with Crippen LogP contribution in [0.1, 0.15) is 28.2 Å². The van der Waals surface area contributed by atoms with Crippen LogP contribution in [-0.4, -0.2) is 42.1 Å². The number of aromatic nitrogens is 1. The highest BCUT2D eigenvalue weighted by atomic mass is 79.9. The smallest absolute Gasteiger partial charge is 0.251 e. The lowest BCUT2D eigenvalue weighted by atomic mass is 10.2. The molecule has 0 bridgehead atoms. The average molecular weight is 394 g/mol. The summed E-state index contributed by atoms with van der Waals surface area (Å²) in [6.45, 7) is 6.00. The second-order valence-corrected chi connectivity index (χ2v) is 6.67. The number of carbonyl (C=O) groups excluding carboxylic acids is 1. The Morgan fingerprint density at radius 2 is 2.25 bits per heavy atom. The first-order chi connectivity index (χ1) is 11.6. The lowest BCUT2D eigenvalue weighted by molar-refractivity contribution is 0.0941. The molecule has 0 atom stereocenters. The van der Waals surface area contributed by atoms with Gasteiger partial charge >= 0.3 is 0 Å². The van der Waals surface area contributed by atoms with Gasteiger partial charge in [-0.2, -0.15) is 0 Å². The Bertz CT molecular complexity index is 713. The van der Waals surface area contributed by atoms with Crippen molar-refractivity contribution in [2.24, 2.45) is 0 Å². The molecule has 6 nitrogen and oxygen atoms in total. The SMILES string of the molecule is Cc1cc(COc2ccc(C(=O)NCCN3CCC3)cc2Br)no1. The number of rotatable bonds is 7. The Labute approximate surface area is 149 Å². The zero-order valence-electron chi connectivity index (χ0n) is 13.5. The van der Waals surface area contributed by atoms with Crippen molar-refractivity contribution in [1.29, 1.82) is 0 Å². The van der Waals surface area contributed by atoms with E-state index in [-0.39, 0.29) is 5.91 Å². The number of amides is 1. The number of nitrogens with zero attached hydrogens (tertiary/aromatic N) is 2. The number of benzene rings is 1. The van der Waals surface area contributed by atoms with Crippen molar-refractivity contribution in [1.82, 2.24) is 15.4 Å². The molecule has 0 unspecified atom stereocenters. The van der Waals surface area contributed by atoms with Crippen LogP contribution in [-0.2, 0) is 6.61 Å². The number of hydrogen-bond donors (Lipinski definition) is 1. The van der Waals surface area contributed by atoms with Gasteiger partial charge in [-0.05, 0) is 60.6 Å². The number of carbonyl (C=O) groups is 1. The van der Waals surface area contributed by atoms with Gasteiger partial charge in [-0.25, -0.2) is 0 Å². The monoisotopic (exact) mass is 393 g/mol. The minimum atomic E-state index is -0.0742. The number of aryl methyl sites for hydroxylation is 1. The highest BCUT2D eigenvalue weighted by Gasteiger charge is 2.14. The van der Waals surface area contributed by atoms with E-state index in [4.69, 9.17) is 9.26 Å². The molecular formula is C17H20BrN3O3. The summed E-state index contributed by atoms with van der Waals surface area (Å²) in [5.74, 6) is 1.33. The van der Waals surface area contributed by atoms with Gasteiger partial charge in [-0.15, -0.1) is 0 Å². The maximum atomic E-state index is 12.2. The minimum Gasteiger partial charge on any atom is -0.486 e. The highest BCUT2D eigenvalue weighted by Crippen LogP contribution is 2.26. The number of halogens is 1. The predicted molar refractivity (Wildman–Crippen MR) is 93.1 cm³/mol. The van der Waals surface area contributed by atoms with Crippen molar-refractivity contribution in [3.05, 3.63) is 45.8 Å². The molecule has 1 aliphatic heterocycles. The molecule has 0 aliphatic carbocycles. The molecule has 2 aromatic rings. The fourth-order valence-electron chi connectivity index (χ4n) is 2.43. The summed E-state index contributed by atoms with van der Waals surface area (Å²) in [5.41, 5.74) is 1.34. The zero-order chi connectivity index (χ0) is 16.9. The van der Waals surface area contributed by atoms with Gasteiger partial charge in [-0.3, -0.25) is 4.79 Å². The fraction of sp³-hybridized carbons (Fsp3) is 0.412. The van der Waals surface area contributed by atoms with Gasteiger partial charge in [0, 0.05) is 24.7 Å². The topological polar surface area (TPSA) is 67.6 Å². The first kappa shape index (κ1) is 17.0. The van der Waals surface area contributed by atoms with Crippen LogP contribution < -0.4 is 10.1 Å². The maximum Gasteiger partial charge on any atom is 0.251 e. The largest absolute Gasteiger partial charge is 0.486 e. The average Bonchev–Trinajstić information content (AvgIpc) is 2.93. The molecule has 3 rings (SSSR count). The second kappa shape index (κ2) is 7.81. The van der Waals surface area contributed by atoms with Gasteiger partial charge < -0.3 is 19.5 Å². The molecule has 2 heterocycles. The van der Waals surface area contributed by atoms with E-state index in [1.807, 2.05) is 13.0 Å². The molecule has 24 heavy (non-hydrogen) atoms. The number of nitrogens with one attached hydrogen (secondary N) is 1. The third-order valence-corrected chi connectivity index (χ3v) is 4.53. The summed E-state index contributed by atoms with van der Waals surface area (Å²) in [5, 5.41) is 6.82. The molecule has 1 amide bonds. The lowest BCUT2D eigenvalue weighted by Gasteiger charge is -2.30. The van der Waals surface area contributed by atoms with Crippen LogP contribution >= 0.6 is 15.9 Å². The molecule has 1 aromatic heterocycles. The first-order valence-electron chi connectivity index (χ1n) is 7.97. The first-order valence-corrected chi connectivity index (χ1v) is 8.76. The summed E-state index contributed by atoms with van der Waals surface area (Å²) in [6, 6.07) is 7.13. The summed E-state index contributed by atoms with van der Waals surface area (Å²) in [6.07, 6.45) is 1.26. The van der Waals surface area contributed by atoms with Crippen LogP contribution in [0.2, 0.25) is 0 Å². The van der Waals surface area contributed by atoms with Crippen molar-refractivity contribution in [3.8, 4) is 5.75 Å². The van der Waals surface area contributed by atoms with Gasteiger partial charge in [0.05, 0.1) is 4.47 Å². The van der Waals surface area contributed by atoms with Crippen LogP contribution in [0.25, 0.3) is 0 Å². The van der Waals surface area contributed by atoms with Gasteiger partial charge in [0.1, 0.15) is 23.8 Å². The number of likely N-dealkylation sites (tertiary alicyclic amines) is 1. The van der Waals surface area contributed by atoms with E-state index in [9.17, 15) is 4.79 Å². The van der Waals surface area contributed by atoms with Crippen molar-refractivity contribution >= 4 is 21.8 Å². The standard InChI is InChI=1S/C17H20BrN3O3/c1-12-9-14(20-24-12)11-23-16-4-3-13(10-15(16)18)17(22)19-5-8-21-6-2-7-21/h3-4,9-10H,2,5-8,11H2,1H3,(H,19,22). The molecule has 1 aliphatic rings. The van der Waals surface area contributed by atoms with E-state index in [1.165, 1.54) is 6.42 Å². The van der Waals surface area contributed by atoms with E-state index < -0.39 is 0 Å². The third kappa shape index (κ3) is 4.36. The van der Waals surface area contributed by atoms with Crippen molar-refractivity contribution in [2.75, 3.05) is 26.2 Å². The van der Waals surface area contributed by atoms with Gasteiger partial charge in [0.2, 0.25) is 0 Å². The van der Waals surface area contributed by atoms with Gasteiger partial charge in [0.25, 0.3) is 5.91 Å². The zero-order valence-corrected chi connectivity index (χ0v) is 15.1. The van der Waals surface area contributed by atoms with E-state index in [0.29, 0.717) is 24.5 Å². The van der Waals surface area contributed by atoms with E-state index in [0.717, 1.165) is 35.6 Å². The predicted octanol–water partition coefficient (Wildman–Crippen LogP) is 2.76. The lowest BCUT2D eigenvalue weighted by Crippen LogP contribution is -2.42. The quantitative estimate of drug-likeness (QED) is 0.782. The molecule has 7 heteroatoms. The Hall–Kier alpha value is -1.86. The van der Waals surface area contributed by atoms with Crippen molar-refractivity contribution in [3.63, 3.8) is 0 Å². The van der Waals surface area contributed by atoms with Crippen molar-refractivity contribution in [2.45, 2.75) is 20.0 Å². The summed E-state index contributed by atoms with van der Waals surface area (Å²) in [7, 11) is 0. The molecule has 1 fully saturated rings. The Balaban J connectivity index is 1.52. The van der Waals surface area contributed by atoms with Crippen LogP contribution in [0.5, 0.6) is 5.75 Å². The van der Waals surface area contributed by atoms with Crippen molar-refractivity contribution < 1.29 is 14.1 Å². The fourth-order valence-corrected chi connectivity index (χ4v) is 2.92. The highest BCUT2D eigenvalue weighted by molar-refractivity contribution is 9.10. The third-order valence-electron chi connectivity index (χ3n) is 3.91. The molecule has 1 saturated heterocycles. The summed E-state index contributed by atoms with van der Waals surface area (Å²) >= 11 is 3.45. The Morgan fingerprint density at radius 1 is 1.42 bits per heavy atom. The second-order valence-electron chi connectivity index (χ2n) is 5.81. The Morgan fingerprint density at radius 3 is 2.88 bits per heavy atom. The van der Waals surface area contributed by atoms with Gasteiger partial charge in [0.15, 0.2) is 0 Å². The minimum absolute atomic E-state index is 0.0742. The molecule has 1 N–H and O–H groups in total. The summed E-state index contributed by atoms with van der Waals surface area (Å²) < 4.78 is 11.4. The molecular weight excluding hydrogens is 374 g/mol. The van der Waals surface area contributed by atoms with E-state index in [1.54, 1.807) is 18.2 Å². The number of hydrogen-bond acceptors (Lipinski definition) is 5. The molecule has 0 saturated carbocycles. The molecule has 0 spiro atoms. The maximum absolute atomic E-state index is 12.2. The van der Waals surface area contributed by atoms with Crippen LogP contribution in [0.15, 0.2) is 33.3 Å². The van der Waals surface area contributed by atoms with Crippen LogP contribution in [0.4, 0.5) is 0 Å². The molecule has 1 aromatic carbocycles. The molecule has 128 valence electrons. The van der Waals surface area contributed by atoms with E-state index >= 15 is 0 Å². The van der Waals surface area contributed by atoms with Crippen LogP contribution in [0, 0.1) is 6.92 Å².